The maximum absolute atomic E-state index is 12.6. The summed E-state index contributed by atoms with van der Waals surface area (Å²) < 4.78 is 33.4. The van der Waals surface area contributed by atoms with Crippen LogP contribution in [0.1, 0.15) is 55.1 Å². The van der Waals surface area contributed by atoms with Crippen LogP contribution in [-0.4, -0.2) is 45.5 Å². The van der Waals surface area contributed by atoms with Crippen LogP contribution in [0, 0.1) is 0 Å². The number of nitrogens with one attached hydrogen (secondary N) is 1. The quantitative estimate of drug-likeness (QED) is 0.706. The molecule has 2 aromatic carbocycles. The molecule has 1 fully saturated rings. The van der Waals surface area contributed by atoms with Gasteiger partial charge in [-0.25, -0.2) is 13.1 Å². The summed E-state index contributed by atoms with van der Waals surface area (Å²) in [5.74, 6) is -0.0680. The van der Waals surface area contributed by atoms with E-state index in [1.807, 2.05) is 12.1 Å². The summed E-state index contributed by atoms with van der Waals surface area (Å²) in [5.41, 5.74) is 2.40. The van der Waals surface area contributed by atoms with Gasteiger partial charge in [0, 0.05) is 32.3 Å². The van der Waals surface area contributed by atoms with Crippen molar-refractivity contribution in [2.75, 3.05) is 20.2 Å². The predicted octanol–water partition coefficient (Wildman–Crippen LogP) is 3.71. The molecule has 1 saturated heterocycles. The average Bonchev–Trinajstić information content (AvgIpc) is 3.24. The van der Waals surface area contributed by atoms with Crippen molar-refractivity contribution in [2.45, 2.75) is 56.6 Å². The van der Waals surface area contributed by atoms with E-state index in [2.05, 4.69) is 25.5 Å². The lowest BCUT2D eigenvalue weighted by atomic mass is 9.87. The van der Waals surface area contributed by atoms with Crippen LogP contribution in [0.3, 0.4) is 0 Å². The first-order valence-electron chi connectivity index (χ1n) is 10.6. The molecule has 3 rings (SSSR count). The molecule has 1 N–H and O–H groups in total. The highest BCUT2D eigenvalue weighted by Gasteiger charge is 2.21. The van der Waals surface area contributed by atoms with E-state index in [4.69, 9.17) is 4.74 Å². The van der Waals surface area contributed by atoms with Gasteiger partial charge < -0.3 is 9.64 Å². The third-order valence-corrected chi connectivity index (χ3v) is 6.96. The summed E-state index contributed by atoms with van der Waals surface area (Å²) in [6, 6.07) is 14.0. The number of carbonyl (C=O) groups is 1. The van der Waals surface area contributed by atoms with E-state index in [0.29, 0.717) is 12.1 Å². The van der Waals surface area contributed by atoms with Gasteiger partial charge in [-0.05, 0) is 53.6 Å². The summed E-state index contributed by atoms with van der Waals surface area (Å²) in [7, 11) is -1.84. The van der Waals surface area contributed by atoms with Crippen LogP contribution in [0.4, 0.5) is 0 Å². The first kappa shape index (κ1) is 23.4. The Morgan fingerprint density at radius 3 is 2.29 bits per heavy atom. The standard InChI is InChI=1S/C24H32N2O4S/c1-24(2,3)20-11-13-22(14-12-20)31(28,29)25-16-18-7-9-19(10-8-18)23(27)26(4)17-21-6-5-15-30-21/h7-14,21,25H,5-6,15-17H2,1-4H3. The number of benzene rings is 2. The number of hydrogen-bond donors (Lipinski definition) is 1. The largest absolute Gasteiger partial charge is 0.376 e. The van der Waals surface area contributed by atoms with Crippen molar-refractivity contribution in [1.29, 1.82) is 0 Å². The molecule has 168 valence electrons. The Hall–Kier alpha value is -2.22. The molecular weight excluding hydrogens is 412 g/mol. The molecule has 1 atom stereocenters. The molecule has 0 saturated carbocycles. The van der Waals surface area contributed by atoms with E-state index >= 15 is 0 Å². The zero-order chi connectivity index (χ0) is 22.6. The fraction of sp³-hybridized carbons (Fsp3) is 0.458. The van der Waals surface area contributed by atoms with Crippen LogP contribution in [0.2, 0.25) is 0 Å². The van der Waals surface area contributed by atoms with Gasteiger partial charge in [0.2, 0.25) is 10.0 Å². The van der Waals surface area contributed by atoms with Gasteiger partial charge in [0.05, 0.1) is 11.0 Å². The molecule has 0 bridgehead atoms. The van der Waals surface area contributed by atoms with Gasteiger partial charge in [0.1, 0.15) is 0 Å². The van der Waals surface area contributed by atoms with Crippen molar-refractivity contribution < 1.29 is 17.9 Å². The van der Waals surface area contributed by atoms with Crippen LogP contribution in [0.25, 0.3) is 0 Å². The number of hydrogen-bond acceptors (Lipinski definition) is 4. The number of sulfonamides is 1. The predicted molar refractivity (Wildman–Crippen MR) is 122 cm³/mol. The maximum atomic E-state index is 12.6. The molecule has 1 aliphatic rings. The third kappa shape index (κ3) is 6.15. The summed E-state index contributed by atoms with van der Waals surface area (Å²) in [5, 5.41) is 0. The summed E-state index contributed by atoms with van der Waals surface area (Å²) >= 11 is 0. The molecule has 7 heteroatoms. The van der Waals surface area contributed by atoms with Gasteiger partial charge in [0.15, 0.2) is 0 Å². The fourth-order valence-electron chi connectivity index (χ4n) is 3.56. The number of rotatable bonds is 7. The van der Waals surface area contributed by atoms with E-state index in [0.717, 1.165) is 30.6 Å². The summed E-state index contributed by atoms with van der Waals surface area (Å²) in [4.78, 5) is 14.5. The van der Waals surface area contributed by atoms with Crippen molar-refractivity contribution in [3.05, 3.63) is 65.2 Å². The Kier molecular flexibility index (Phi) is 7.19. The lowest BCUT2D eigenvalue weighted by molar-refractivity contribution is 0.0587. The Labute approximate surface area is 185 Å². The molecule has 1 amide bonds. The minimum Gasteiger partial charge on any atom is -0.376 e. The van der Waals surface area contributed by atoms with Crippen molar-refractivity contribution in [3.8, 4) is 0 Å². The Morgan fingerprint density at radius 2 is 1.74 bits per heavy atom. The second kappa shape index (κ2) is 9.51. The maximum Gasteiger partial charge on any atom is 0.253 e. The van der Waals surface area contributed by atoms with Gasteiger partial charge in [-0.2, -0.15) is 0 Å². The van der Waals surface area contributed by atoms with Crippen molar-refractivity contribution >= 4 is 15.9 Å². The van der Waals surface area contributed by atoms with Gasteiger partial charge in [-0.3, -0.25) is 4.79 Å². The second-order valence-electron chi connectivity index (χ2n) is 9.12. The van der Waals surface area contributed by atoms with E-state index in [9.17, 15) is 13.2 Å². The van der Waals surface area contributed by atoms with Crippen LogP contribution < -0.4 is 4.72 Å². The van der Waals surface area contributed by atoms with Crippen LogP contribution in [0.15, 0.2) is 53.4 Å². The topological polar surface area (TPSA) is 75.7 Å². The van der Waals surface area contributed by atoms with E-state index in [-0.39, 0.29) is 28.9 Å². The van der Waals surface area contributed by atoms with Crippen LogP contribution in [0.5, 0.6) is 0 Å². The highest BCUT2D eigenvalue weighted by molar-refractivity contribution is 7.89. The molecule has 2 aromatic rings. The molecule has 1 heterocycles. The lowest BCUT2D eigenvalue weighted by Gasteiger charge is -2.21. The molecular formula is C24H32N2O4S. The van der Waals surface area contributed by atoms with Crippen molar-refractivity contribution in [2.24, 2.45) is 0 Å². The zero-order valence-corrected chi connectivity index (χ0v) is 19.5. The van der Waals surface area contributed by atoms with Crippen LogP contribution >= 0.6 is 0 Å². The molecule has 31 heavy (non-hydrogen) atoms. The number of ether oxygens (including phenoxy) is 1. The molecule has 1 aliphatic heterocycles. The van der Waals surface area contributed by atoms with Crippen molar-refractivity contribution in [1.82, 2.24) is 9.62 Å². The first-order chi connectivity index (χ1) is 14.6. The fourth-order valence-corrected chi connectivity index (χ4v) is 4.58. The number of carbonyl (C=O) groups excluding carboxylic acids is 1. The van der Waals surface area contributed by atoms with E-state index in [1.165, 1.54) is 0 Å². The molecule has 6 nitrogen and oxygen atoms in total. The minimum absolute atomic E-state index is 0.0346. The minimum atomic E-state index is -3.61. The van der Waals surface area contributed by atoms with Gasteiger partial charge in [-0.15, -0.1) is 0 Å². The SMILES string of the molecule is CN(CC1CCCO1)C(=O)c1ccc(CNS(=O)(=O)c2ccc(C(C)(C)C)cc2)cc1. The van der Waals surface area contributed by atoms with Gasteiger partial charge >= 0.3 is 0 Å². The third-order valence-electron chi connectivity index (χ3n) is 5.55. The number of amides is 1. The highest BCUT2D eigenvalue weighted by atomic mass is 32.2. The Bertz CT molecular complexity index is 987. The van der Waals surface area contributed by atoms with Gasteiger partial charge in [-0.1, -0.05) is 45.0 Å². The normalized spacial score (nSPS) is 17.0. The Morgan fingerprint density at radius 1 is 1.10 bits per heavy atom. The summed E-state index contributed by atoms with van der Waals surface area (Å²) in [6.07, 6.45) is 2.13. The lowest BCUT2D eigenvalue weighted by Crippen LogP contribution is -2.34. The highest BCUT2D eigenvalue weighted by Crippen LogP contribution is 2.23. The molecule has 0 radical (unpaired) electrons. The smallest absolute Gasteiger partial charge is 0.253 e. The van der Waals surface area contributed by atoms with Crippen LogP contribution in [-0.2, 0) is 26.7 Å². The van der Waals surface area contributed by atoms with E-state index in [1.54, 1.807) is 48.3 Å². The monoisotopic (exact) mass is 444 g/mol. The van der Waals surface area contributed by atoms with Gasteiger partial charge in [0.25, 0.3) is 5.91 Å². The average molecular weight is 445 g/mol. The number of nitrogens with zero attached hydrogens (tertiary/aromatic N) is 1. The molecule has 0 spiro atoms. The summed E-state index contributed by atoms with van der Waals surface area (Å²) in [6.45, 7) is 7.76. The molecule has 0 aromatic heterocycles. The zero-order valence-electron chi connectivity index (χ0n) is 18.7. The van der Waals surface area contributed by atoms with Crippen molar-refractivity contribution in [3.63, 3.8) is 0 Å². The first-order valence-corrected chi connectivity index (χ1v) is 12.1. The Balaban J connectivity index is 1.58. The van der Waals surface area contributed by atoms with E-state index < -0.39 is 10.0 Å². The molecule has 0 aliphatic carbocycles. The second-order valence-corrected chi connectivity index (χ2v) is 10.9. The molecule has 1 unspecified atom stereocenters. The number of likely N-dealkylation sites (N-methyl/N-ethyl adjacent to an activating group) is 1.